The van der Waals surface area contributed by atoms with Crippen molar-refractivity contribution in [3.63, 3.8) is 0 Å². The highest BCUT2D eigenvalue weighted by molar-refractivity contribution is 8.27. The van der Waals surface area contributed by atoms with Crippen molar-refractivity contribution in [2.24, 2.45) is 0 Å². The van der Waals surface area contributed by atoms with Crippen molar-refractivity contribution in [1.82, 2.24) is 0 Å². The molecule has 0 aromatic carbocycles. The molecule has 0 bridgehead atoms. The van der Waals surface area contributed by atoms with Gasteiger partial charge >= 0.3 is 0 Å². The van der Waals surface area contributed by atoms with Gasteiger partial charge in [0.2, 0.25) is 20.5 Å². The van der Waals surface area contributed by atoms with E-state index in [2.05, 4.69) is 0 Å². The number of hydrogen-bond acceptors (Lipinski definition) is 6. The third-order valence-electron chi connectivity index (χ3n) is 1.88. The SMILES string of the molecule is O=C1C=C(CC2=CC(=O)SC2=O)C(=O)S1. The summed E-state index contributed by atoms with van der Waals surface area (Å²) in [5, 5.41) is -1.31. The zero-order valence-corrected chi connectivity index (χ0v) is 8.94. The lowest BCUT2D eigenvalue weighted by atomic mass is 10.1. The normalized spacial score (nSPS) is 21.1. The van der Waals surface area contributed by atoms with Gasteiger partial charge in [0.05, 0.1) is 0 Å². The number of carbonyl (C=O) groups excluding carboxylic acids is 4. The Morgan fingerprint density at radius 1 is 0.800 bits per heavy atom. The molecule has 0 spiro atoms. The lowest BCUT2D eigenvalue weighted by Gasteiger charge is -1.97. The van der Waals surface area contributed by atoms with Crippen LogP contribution in [0.3, 0.4) is 0 Å². The first-order valence-corrected chi connectivity index (χ1v) is 5.63. The van der Waals surface area contributed by atoms with E-state index in [4.69, 9.17) is 0 Å². The molecule has 0 N–H and O–H groups in total. The molecule has 0 aliphatic carbocycles. The highest BCUT2D eigenvalue weighted by Gasteiger charge is 2.29. The van der Waals surface area contributed by atoms with E-state index in [9.17, 15) is 19.2 Å². The van der Waals surface area contributed by atoms with E-state index in [1.54, 1.807) is 0 Å². The Kier molecular flexibility index (Phi) is 2.62. The quantitative estimate of drug-likeness (QED) is 0.712. The van der Waals surface area contributed by atoms with Gasteiger partial charge in [-0.1, -0.05) is 0 Å². The van der Waals surface area contributed by atoms with Crippen molar-refractivity contribution >= 4 is 44.0 Å². The van der Waals surface area contributed by atoms with E-state index in [1.165, 1.54) is 12.2 Å². The van der Waals surface area contributed by atoms with E-state index >= 15 is 0 Å². The first-order valence-electron chi connectivity index (χ1n) is 3.99. The maximum absolute atomic E-state index is 11.2. The number of thioether (sulfide) groups is 2. The number of hydrogen-bond donors (Lipinski definition) is 0. The molecule has 0 fully saturated rings. The molecule has 0 atom stereocenters. The second kappa shape index (κ2) is 3.79. The zero-order chi connectivity index (χ0) is 11.0. The molecule has 2 rings (SSSR count). The van der Waals surface area contributed by atoms with Crippen molar-refractivity contribution in [2.45, 2.75) is 6.42 Å². The summed E-state index contributed by atoms with van der Waals surface area (Å²) in [6, 6.07) is 0. The molecule has 0 saturated carbocycles. The second-order valence-corrected chi connectivity index (χ2v) is 4.89. The van der Waals surface area contributed by atoms with Gasteiger partial charge in [-0.15, -0.1) is 0 Å². The molecule has 0 aromatic heterocycles. The molecule has 2 aliphatic rings. The molecule has 0 aromatic rings. The van der Waals surface area contributed by atoms with E-state index in [-0.39, 0.29) is 26.9 Å². The molecule has 15 heavy (non-hydrogen) atoms. The highest BCUT2D eigenvalue weighted by Crippen LogP contribution is 2.31. The lowest BCUT2D eigenvalue weighted by molar-refractivity contribution is -0.109. The number of rotatable bonds is 2. The molecule has 4 nitrogen and oxygen atoms in total. The van der Waals surface area contributed by atoms with Crippen molar-refractivity contribution in [3.8, 4) is 0 Å². The maximum Gasteiger partial charge on any atom is 0.223 e. The smallest absolute Gasteiger partial charge is 0.223 e. The Morgan fingerprint density at radius 3 is 1.47 bits per heavy atom. The largest absolute Gasteiger partial charge is 0.282 e. The van der Waals surface area contributed by atoms with Crippen molar-refractivity contribution in [3.05, 3.63) is 23.3 Å². The van der Waals surface area contributed by atoms with Crippen LogP contribution in [0.1, 0.15) is 6.42 Å². The summed E-state index contributed by atoms with van der Waals surface area (Å²) in [6.07, 6.45) is 2.51. The van der Waals surface area contributed by atoms with Gasteiger partial charge < -0.3 is 0 Å². The van der Waals surface area contributed by atoms with E-state index in [1.807, 2.05) is 0 Å². The van der Waals surface area contributed by atoms with Crippen LogP contribution in [0.25, 0.3) is 0 Å². The average Bonchev–Trinajstić information content (AvgIpc) is 2.58. The van der Waals surface area contributed by atoms with Gasteiger partial charge in [0.1, 0.15) is 0 Å². The van der Waals surface area contributed by atoms with E-state index in [0.717, 1.165) is 0 Å². The second-order valence-electron chi connectivity index (χ2n) is 2.93. The molecule has 2 heterocycles. The molecular weight excluding hydrogens is 236 g/mol. The summed E-state index contributed by atoms with van der Waals surface area (Å²) in [6.45, 7) is 0. The third kappa shape index (κ3) is 2.10. The van der Waals surface area contributed by atoms with Gasteiger partial charge in [0.15, 0.2) is 0 Å². The van der Waals surface area contributed by atoms with Crippen LogP contribution in [0.15, 0.2) is 23.3 Å². The molecule has 0 radical (unpaired) electrons. The van der Waals surface area contributed by atoms with Crippen LogP contribution >= 0.6 is 23.5 Å². The molecule has 2 aliphatic heterocycles. The van der Waals surface area contributed by atoms with Gasteiger partial charge in [-0.25, -0.2) is 0 Å². The van der Waals surface area contributed by atoms with E-state index < -0.39 is 0 Å². The van der Waals surface area contributed by atoms with Crippen LogP contribution in [-0.2, 0) is 19.2 Å². The fourth-order valence-corrected chi connectivity index (χ4v) is 2.52. The predicted octanol–water partition coefficient (Wildman–Crippen LogP) is 0.829. The van der Waals surface area contributed by atoms with Crippen LogP contribution in [0.4, 0.5) is 0 Å². The highest BCUT2D eigenvalue weighted by atomic mass is 32.2. The Labute approximate surface area is 93.2 Å². The van der Waals surface area contributed by atoms with Gasteiger partial charge in [0.25, 0.3) is 0 Å². The minimum atomic E-state index is -0.335. The van der Waals surface area contributed by atoms with Crippen LogP contribution in [-0.4, -0.2) is 20.5 Å². The lowest BCUT2D eigenvalue weighted by Crippen LogP contribution is -1.98. The molecule has 0 saturated heterocycles. The summed E-state index contributed by atoms with van der Waals surface area (Å²) >= 11 is 1.23. The topological polar surface area (TPSA) is 68.3 Å². The predicted molar refractivity (Wildman–Crippen MR) is 56.0 cm³/mol. The Balaban J connectivity index is 2.17. The minimum Gasteiger partial charge on any atom is -0.282 e. The van der Waals surface area contributed by atoms with Gasteiger partial charge in [-0.05, 0) is 23.5 Å². The first kappa shape index (κ1) is 10.4. The van der Waals surface area contributed by atoms with Crippen LogP contribution in [0, 0.1) is 0 Å². The fourth-order valence-electron chi connectivity index (χ4n) is 1.23. The van der Waals surface area contributed by atoms with E-state index in [0.29, 0.717) is 34.7 Å². The van der Waals surface area contributed by atoms with Crippen LogP contribution < -0.4 is 0 Å². The van der Waals surface area contributed by atoms with Crippen molar-refractivity contribution in [2.75, 3.05) is 0 Å². The summed E-state index contributed by atoms with van der Waals surface area (Å²) in [4.78, 5) is 44.2. The molecular formula is C9H4O4S2. The minimum absolute atomic E-state index is 0.0785. The van der Waals surface area contributed by atoms with Gasteiger partial charge in [-0.2, -0.15) is 0 Å². The first-order chi connectivity index (χ1) is 7.06. The summed E-state index contributed by atoms with van der Waals surface area (Å²) in [5.41, 5.74) is 0.583. The third-order valence-corrected chi connectivity index (χ3v) is 3.41. The summed E-state index contributed by atoms with van der Waals surface area (Å²) < 4.78 is 0. The molecule has 0 amide bonds. The molecule has 76 valence electrons. The standard InChI is InChI=1S/C9H4O4S2/c10-6-2-4(8(12)14-6)1-5-3-7(11)15-9(5)13/h2-3H,1H2. The fraction of sp³-hybridized carbons (Fsp3) is 0.111. The Bertz CT molecular complexity index is 417. The maximum atomic E-state index is 11.2. The van der Waals surface area contributed by atoms with Crippen molar-refractivity contribution < 1.29 is 19.2 Å². The Hall–Kier alpha value is -1.14. The average molecular weight is 240 g/mol. The van der Waals surface area contributed by atoms with Gasteiger partial charge in [0, 0.05) is 29.7 Å². The molecule has 0 unspecified atom stereocenters. The van der Waals surface area contributed by atoms with Gasteiger partial charge in [-0.3, -0.25) is 19.2 Å². The van der Waals surface area contributed by atoms with Crippen molar-refractivity contribution in [1.29, 1.82) is 0 Å². The van der Waals surface area contributed by atoms with Crippen LogP contribution in [0.2, 0.25) is 0 Å². The summed E-state index contributed by atoms with van der Waals surface area (Å²) in [5.74, 6) is 0. The zero-order valence-electron chi connectivity index (χ0n) is 7.31. The number of carbonyl (C=O) groups is 4. The molecule has 6 heteroatoms. The summed E-state index contributed by atoms with van der Waals surface area (Å²) in [7, 11) is 0. The van der Waals surface area contributed by atoms with Crippen LogP contribution in [0.5, 0.6) is 0 Å². The monoisotopic (exact) mass is 240 g/mol. The Morgan fingerprint density at radius 2 is 1.20 bits per heavy atom.